The Kier molecular flexibility index (Phi) is 4.92. The van der Waals surface area contributed by atoms with Crippen molar-refractivity contribution in [1.29, 1.82) is 0 Å². The van der Waals surface area contributed by atoms with E-state index in [1.807, 2.05) is 36.4 Å². The van der Waals surface area contributed by atoms with E-state index >= 15 is 0 Å². The minimum absolute atomic E-state index is 0.0828. The number of rotatable bonds is 5. The van der Waals surface area contributed by atoms with Crippen molar-refractivity contribution < 1.29 is 9.53 Å². The average molecular weight is 426 g/mol. The summed E-state index contributed by atoms with van der Waals surface area (Å²) in [6.07, 6.45) is 1.48. The maximum absolute atomic E-state index is 13.0. The normalized spacial score (nSPS) is 11.2. The van der Waals surface area contributed by atoms with E-state index in [0.29, 0.717) is 22.4 Å². The van der Waals surface area contributed by atoms with Crippen LogP contribution in [0.4, 0.5) is 0 Å². The zero-order valence-electron chi connectivity index (χ0n) is 17.1. The van der Waals surface area contributed by atoms with Crippen molar-refractivity contribution in [3.8, 4) is 11.1 Å². The lowest BCUT2D eigenvalue weighted by atomic mass is 10.1. The van der Waals surface area contributed by atoms with Gasteiger partial charge < -0.3 is 4.74 Å². The molecule has 0 unspecified atom stereocenters. The summed E-state index contributed by atoms with van der Waals surface area (Å²) in [6.45, 7) is 0.277. The van der Waals surface area contributed by atoms with E-state index in [9.17, 15) is 9.59 Å². The van der Waals surface area contributed by atoms with E-state index < -0.39 is 11.5 Å². The molecule has 0 aliphatic rings. The first-order chi connectivity index (χ1) is 15.7. The van der Waals surface area contributed by atoms with Gasteiger partial charge in [-0.25, -0.2) is 9.19 Å². The molecule has 0 aliphatic carbocycles. The van der Waals surface area contributed by atoms with Gasteiger partial charge in [0, 0.05) is 18.9 Å². The van der Waals surface area contributed by atoms with Crippen molar-refractivity contribution >= 4 is 22.6 Å². The Morgan fingerprint density at radius 1 is 1.00 bits per heavy atom. The number of pyridine rings is 1. The van der Waals surface area contributed by atoms with Crippen LogP contribution in [0, 0.1) is 0 Å². The number of ether oxygens (including phenoxy) is 1. The molecule has 0 atom stereocenters. The lowest BCUT2D eigenvalue weighted by Gasteiger charge is -2.09. The molecular weight excluding hydrogens is 408 g/mol. The van der Waals surface area contributed by atoms with Gasteiger partial charge in [-0.15, -0.1) is 10.2 Å². The highest BCUT2D eigenvalue weighted by Gasteiger charge is 2.19. The van der Waals surface area contributed by atoms with Crippen molar-refractivity contribution in [3.05, 3.63) is 94.5 Å². The molecule has 9 heteroatoms. The first kappa shape index (κ1) is 19.6. The molecule has 1 amide bonds. The number of nitrogens with zero attached hydrogens (tertiary/aromatic N) is 5. The molecule has 2 aromatic carbocycles. The van der Waals surface area contributed by atoms with Gasteiger partial charge >= 0.3 is 0 Å². The fraction of sp³-hybridized carbons (Fsp3) is 0.0870. The second-order valence-electron chi connectivity index (χ2n) is 7.09. The number of nitrogens with one attached hydrogen (secondary N) is 1. The predicted molar refractivity (Wildman–Crippen MR) is 119 cm³/mol. The summed E-state index contributed by atoms with van der Waals surface area (Å²) in [5.41, 5.74) is 5.98. The molecule has 5 rings (SSSR count). The molecule has 0 bridgehead atoms. The van der Waals surface area contributed by atoms with Crippen molar-refractivity contribution in [1.82, 2.24) is 24.5 Å². The lowest BCUT2D eigenvalue weighted by Crippen LogP contribution is -2.33. The maximum atomic E-state index is 13.0. The molecule has 9 nitrogen and oxygen atoms in total. The number of hydrogen-bond acceptors (Lipinski definition) is 6. The van der Waals surface area contributed by atoms with E-state index in [4.69, 9.17) is 4.74 Å². The molecule has 5 aromatic rings. The second-order valence-corrected chi connectivity index (χ2v) is 7.09. The third kappa shape index (κ3) is 3.30. The molecule has 0 aliphatic heterocycles. The Balaban J connectivity index is 1.64. The molecule has 32 heavy (non-hydrogen) atoms. The summed E-state index contributed by atoms with van der Waals surface area (Å²) in [4.78, 5) is 25.5. The first-order valence-electron chi connectivity index (χ1n) is 9.88. The third-order valence-corrected chi connectivity index (χ3v) is 5.05. The summed E-state index contributed by atoms with van der Waals surface area (Å²) in [5.74, 6) is -0.408. The van der Waals surface area contributed by atoms with E-state index in [2.05, 4.69) is 20.7 Å². The van der Waals surface area contributed by atoms with Crippen LogP contribution in [0.2, 0.25) is 0 Å². The largest absolute Gasteiger partial charge is 0.378 e. The number of carbonyl (C=O) groups excluding carboxylic acids is 1. The SMILES string of the molecule is COCc1nn2c(nnc3c(=O)n(NC(=O)c4ccccc4)ccc32)c1-c1ccccc1. The van der Waals surface area contributed by atoms with Gasteiger partial charge in [0.2, 0.25) is 0 Å². The predicted octanol–water partition coefficient (Wildman–Crippen LogP) is 2.64. The molecule has 0 saturated heterocycles. The zero-order chi connectivity index (χ0) is 22.1. The monoisotopic (exact) mass is 426 g/mol. The van der Waals surface area contributed by atoms with Gasteiger partial charge in [-0.3, -0.25) is 15.0 Å². The van der Waals surface area contributed by atoms with Gasteiger partial charge in [-0.1, -0.05) is 48.5 Å². The Labute approximate surface area is 181 Å². The molecule has 3 heterocycles. The number of aromatic nitrogens is 5. The lowest BCUT2D eigenvalue weighted by molar-refractivity contribution is 0.101. The number of fused-ring (bicyclic) bond motifs is 3. The van der Waals surface area contributed by atoms with Crippen LogP contribution < -0.4 is 11.0 Å². The summed E-state index contributed by atoms with van der Waals surface area (Å²) in [5, 5.41) is 13.1. The topological polar surface area (TPSA) is 103 Å². The van der Waals surface area contributed by atoms with E-state index in [1.165, 1.54) is 6.20 Å². The van der Waals surface area contributed by atoms with Crippen LogP contribution in [-0.2, 0) is 11.3 Å². The van der Waals surface area contributed by atoms with E-state index in [-0.39, 0.29) is 12.1 Å². The summed E-state index contributed by atoms with van der Waals surface area (Å²) < 4.78 is 8.00. The number of carbonyl (C=O) groups is 1. The number of benzene rings is 2. The fourth-order valence-corrected chi connectivity index (χ4v) is 3.58. The van der Waals surface area contributed by atoms with Crippen molar-refractivity contribution in [2.75, 3.05) is 12.5 Å². The van der Waals surface area contributed by atoms with Gasteiger partial charge in [-0.05, 0) is 23.8 Å². The molecule has 158 valence electrons. The fourth-order valence-electron chi connectivity index (χ4n) is 3.58. The third-order valence-electron chi connectivity index (χ3n) is 5.05. The quantitative estimate of drug-likeness (QED) is 0.463. The van der Waals surface area contributed by atoms with E-state index in [0.717, 1.165) is 15.8 Å². The standard InChI is InChI=1S/C23H18N6O3/c1-32-14-17-19(15-8-4-2-5-9-15)21-25-24-20-18(29(21)26-17)12-13-28(23(20)31)27-22(30)16-10-6-3-7-11-16/h2-13H,14H2,1H3,(H,27,30). The minimum Gasteiger partial charge on any atom is -0.378 e. The van der Waals surface area contributed by atoms with Crippen LogP contribution in [0.1, 0.15) is 16.1 Å². The van der Waals surface area contributed by atoms with Crippen LogP contribution in [0.3, 0.4) is 0 Å². The number of amides is 1. The van der Waals surface area contributed by atoms with Gasteiger partial charge in [-0.2, -0.15) is 5.10 Å². The molecule has 0 saturated carbocycles. The second kappa shape index (κ2) is 8.05. The first-order valence-corrected chi connectivity index (χ1v) is 9.88. The van der Waals surface area contributed by atoms with Crippen LogP contribution in [0.15, 0.2) is 77.7 Å². The van der Waals surface area contributed by atoms with E-state index in [1.54, 1.807) is 42.0 Å². The Hall–Kier alpha value is -4.37. The summed E-state index contributed by atoms with van der Waals surface area (Å²) in [6, 6.07) is 20.0. The van der Waals surface area contributed by atoms with Gasteiger partial charge in [0.05, 0.1) is 17.9 Å². The number of hydrogen-bond donors (Lipinski definition) is 1. The smallest absolute Gasteiger partial charge is 0.299 e. The zero-order valence-corrected chi connectivity index (χ0v) is 17.1. The molecular formula is C23H18N6O3. The Morgan fingerprint density at radius 2 is 1.72 bits per heavy atom. The molecule has 0 fully saturated rings. The van der Waals surface area contributed by atoms with Gasteiger partial charge in [0.15, 0.2) is 11.2 Å². The molecule has 3 aromatic heterocycles. The Bertz CT molecular complexity index is 1490. The van der Waals surface area contributed by atoms with Crippen LogP contribution in [0.5, 0.6) is 0 Å². The van der Waals surface area contributed by atoms with Gasteiger partial charge in [0.25, 0.3) is 11.5 Å². The van der Waals surface area contributed by atoms with Crippen molar-refractivity contribution in [3.63, 3.8) is 0 Å². The van der Waals surface area contributed by atoms with Crippen LogP contribution >= 0.6 is 0 Å². The van der Waals surface area contributed by atoms with Gasteiger partial charge in [0.1, 0.15) is 5.52 Å². The highest BCUT2D eigenvalue weighted by atomic mass is 16.5. The number of methoxy groups -OCH3 is 1. The summed E-state index contributed by atoms with van der Waals surface area (Å²) in [7, 11) is 1.59. The molecule has 1 N–H and O–H groups in total. The average Bonchev–Trinajstić information content (AvgIpc) is 3.20. The van der Waals surface area contributed by atoms with Crippen molar-refractivity contribution in [2.24, 2.45) is 0 Å². The van der Waals surface area contributed by atoms with Crippen molar-refractivity contribution in [2.45, 2.75) is 6.61 Å². The maximum Gasteiger partial charge on any atom is 0.299 e. The van der Waals surface area contributed by atoms with Crippen LogP contribution in [0.25, 0.3) is 27.8 Å². The highest BCUT2D eigenvalue weighted by Crippen LogP contribution is 2.28. The molecule has 0 radical (unpaired) electrons. The molecule has 0 spiro atoms. The minimum atomic E-state index is -0.508. The van der Waals surface area contributed by atoms with Crippen LogP contribution in [-0.4, -0.2) is 37.5 Å². The highest BCUT2D eigenvalue weighted by molar-refractivity contribution is 6.00. The summed E-state index contributed by atoms with van der Waals surface area (Å²) >= 11 is 0. The Morgan fingerprint density at radius 3 is 2.44 bits per heavy atom.